The van der Waals surface area contributed by atoms with Gasteiger partial charge in [-0.1, -0.05) is 0 Å². The Balaban J connectivity index is 2.22. The molecule has 6 nitrogen and oxygen atoms in total. The van der Waals surface area contributed by atoms with Crippen molar-refractivity contribution in [2.24, 2.45) is 0 Å². The lowest BCUT2D eigenvalue weighted by atomic mass is 10.2. The van der Waals surface area contributed by atoms with Crippen LogP contribution in [-0.2, 0) is 4.74 Å². The molecule has 0 aliphatic heterocycles. The monoisotopic (exact) mass is 312 g/mol. The number of anilines is 1. The van der Waals surface area contributed by atoms with E-state index in [4.69, 9.17) is 10.5 Å². The first-order valence-corrected chi connectivity index (χ1v) is 7.41. The maximum Gasteiger partial charge on any atom is 0.350 e. The van der Waals surface area contributed by atoms with Gasteiger partial charge in [0, 0.05) is 17.8 Å². The Morgan fingerprint density at radius 1 is 1.50 bits per heavy atom. The van der Waals surface area contributed by atoms with E-state index in [9.17, 15) is 10.1 Å². The van der Waals surface area contributed by atoms with Crippen molar-refractivity contribution in [1.82, 2.24) is 9.55 Å². The average molecular weight is 312 g/mol. The van der Waals surface area contributed by atoms with Crippen molar-refractivity contribution in [2.75, 3.05) is 12.3 Å². The van der Waals surface area contributed by atoms with Crippen molar-refractivity contribution in [3.05, 3.63) is 41.0 Å². The number of hydrogen-bond donors (Lipinski definition) is 1. The molecule has 0 saturated carbocycles. The minimum atomic E-state index is -0.468. The second-order valence-electron chi connectivity index (χ2n) is 4.48. The maximum atomic E-state index is 11.9. The number of nitrogens with zero attached hydrogens (tertiary/aromatic N) is 3. The van der Waals surface area contributed by atoms with Crippen molar-refractivity contribution in [1.29, 1.82) is 5.26 Å². The van der Waals surface area contributed by atoms with Gasteiger partial charge in [0.1, 0.15) is 15.8 Å². The van der Waals surface area contributed by atoms with Gasteiger partial charge in [0.2, 0.25) is 0 Å². The van der Waals surface area contributed by atoms with Crippen LogP contribution in [0.5, 0.6) is 0 Å². The zero-order valence-corrected chi connectivity index (χ0v) is 12.6. The van der Waals surface area contributed by atoms with Crippen molar-refractivity contribution in [2.45, 2.75) is 6.92 Å². The van der Waals surface area contributed by atoms with Crippen molar-refractivity contribution in [3.63, 3.8) is 0 Å². The molecule has 7 heteroatoms. The molecule has 0 aliphatic rings. The Labute approximate surface area is 130 Å². The highest BCUT2D eigenvalue weighted by molar-refractivity contribution is 7.21. The summed E-state index contributed by atoms with van der Waals surface area (Å²) in [6, 6.07) is 7.47. The Hall–Kier alpha value is -2.85. The first-order chi connectivity index (χ1) is 10.7. The van der Waals surface area contributed by atoms with Crippen LogP contribution in [0.1, 0.15) is 22.2 Å². The summed E-state index contributed by atoms with van der Waals surface area (Å²) in [6.07, 6.45) is 3.61. The Kier molecular flexibility index (Phi) is 3.53. The largest absolute Gasteiger partial charge is 0.462 e. The molecule has 2 N–H and O–H groups in total. The second-order valence-corrected chi connectivity index (χ2v) is 5.48. The second kappa shape index (κ2) is 5.50. The molecule has 3 heterocycles. The van der Waals surface area contributed by atoms with E-state index < -0.39 is 5.97 Å². The van der Waals surface area contributed by atoms with Crippen molar-refractivity contribution in [3.8, 4) is 11.9 Å². The molecular formula is C15H12N4O2S. The lowest BCUT2D eigenvalue weighted by Crippen LogP contribution is -2.04. The molecule has 0 radical (unpaired) electrons. The van der Waals surface area contributed by atoms with Gasteiger partial charge in [-0.2, -0.15) is 5.26 Å². The van der Waals surface area contributed by atoms with Gasteiger partial charge in [0.25, 0.3) is 0 Å². The molecule has 0 unspecified atom stereocenters. The lowest BCUT2D eigenvalue weighted by Gasteiger charge is -2.04. The third kappa shape index (κ3) is 2.19. The highest BCUT2D eigenvalue weighted by Gasteiger charge is 2.20. The number of carbonyl (C=O) groups is 1. The number of aromatic nitrogens is 2. The van der Waals surface area contributed by atoms with Gasteiger partial charge >= 0.3 is 5.97 Å². The third-order valence-electron chi connectivity index (χ3n) is 3.13. The topological polar surface area (TPSA) is 93.9 Å². The molecule has 3 aromatic heterocycles. The zero-order valence-electron chi connectivity index (χ0n) is 11.7. The summed E-state index contributed by atoms with van der Waals surface area (Å²) in [5, 5.41) is 9.93. The van der Waals surface area contributed by atoms with Crippen LogP contribution in [0.3, 0.4) is 0 Å². The van der Waals surface area contributed by atoms with Gasteiger partial charge in [-0.3, -0.25) is 0 Å². The molecular weight excluding hydrogens is 300 g/mol. The van der Waals surface area contributed by atoms with E-state index in [1.165, 1.54) is 11.3 Å². The molecule has 0 fully saturated rings. The number of hydrogen-bond acceptors (Lipinski definition) is 6. The predicted octanol–water partition coefficient (Wildman–Crippen LogP) is 2.72. The molecule has 22 heavy (non-hydrogen) atoms. The standard InChI is InChI=1S/C15H12N4O2S/c1-2-21-15(20)12-11(17)10-7-9(8-16)13(18-14(10)22-12)19-5-3-4-6-19/h3-7H,2,17H2,1H3. The SMILES string of the molecule is CCOC(=O)c1sc2nc(-n3cccc3)c(C#N)cc2c1N. The lowest BCUT2D eigenvalue weighted by molar-refractivity contribution is 0.0533. The Morgan fingerprint density at radius 3 is 2.86 bits per heavy atom. The maximum absolute atomic E-state index is 11.9. The van der Waals surface area contributed by atoms with Crippen LogP contribution < -0.4 is 5.73 Å². The van der Waals surface area contributed by atoms with E-state index in [0.717, 1.165) is 0 Å². The Bertz CT molecular complexity index is 891. The van der Waals surface area contributed by atoms with Crippen LogP contribution in [0.2, 0.25) is 0 Å². The van der Waals surface area contributed by atoms with Crippen LogP contribution in [0.25, 0.3) is 16.0 Å². The number of rotatable bonds is 3. The van der Waals surface area contributed by atoms with Gasteiger partial charge in [-0.15, -0.1) is 11.3 Å². The molecule has 0 spiro atoms. The number of pyridine rings is 1. The molecule has 3 aromatic rings. The normalized spacial score (nSPS) is 10.5. The fourth-order valence-electron chi connectivity index (χ4n) is 2.14. The van der Waals surface area contributed by atoms with E-state index in [-0.39, 0.29) is 6.61 Å². The van der Waals surface area contributed by atoms with E-state index >= 15 is 0 Å². The molecule has 0 saturated heterocycles. The highest BCUT2D eigenvalue weighted by Crippen LogP contribution is 2.34. The highest BCUT2D eigenvalue weighted by atomic mass is 32.1. The van der Waals surface area contributed by atoms with Gasteiger partial charge < -0.3 is 15.0 Å². The molecule has 0 aromatic carbocycles. The first kappa shape index (κ1) is 14.1. The summed E-state index contributed by atoms with van der Waals surface area (Å²) in [5.74, 6) is 0.0423. The summed E-state index contributed by atoms with van der Waals surface area (Å²) in [6.45, 7) is 2.01. The van der Waals surface area contributed by atoms with E-state index in [1.807, 2.05) is 12.1 Å². The molecule has 0 aliphatic carbocycles. The van der Waals surface area contributed by atoms with Crippen LogP contribution >= 0.6 is 11.3 Å². The number of esters is 1. The quantitative estimate of drug-likeness (QED) is 0.750. The van der Waals surface area contributed by atoms with Gasteiger partial charge in [-0.05, 0) is 25.1 Å². The summed E-state index contributed by atoms with van der Waals surface area (Å²) in [4.78, 5) is 17.3. The number of nitriles is 1. The minimum absolute atomic E-state index is 0.276. The summed E-state index contributed by atoms with van der Waals surface area (Å²) in [7, 11) is 0. The fourth-order valence-corrected chi connectivity index (χ4v) is 3.10. The number of carbonyl (C=O) groups excluding carboxylic acids is 1. The number of nitrogen functional groups attached to an aromatic ring is 1. The fraction of sp³-hybridized carbons (Fsp3) is 0.133. The summed E-state index contributed by atoms with van der Waals surface area (Å²) < 4.78 is 6.74. The van der Waals surface area contributed by atoms with E-state index in [1.54, 1.807) is 30.0 Å². The van der Waals surface area contributed by atoms with Crippen LogP contribution in [0, 0.1) is 11.3 Å². The minimum Gasteiger partial charge on any atom is -0.462 e. The average Bonchev–Trinajstić information content (AvgIpc) is 3.15. The Morgan fingerprint density at radius 2 is 2.23 bits per heavy atom. The zero-order chi connectivity index (χ0) is 15.7. The molecule has 110 valence electrons. The van der Waals surface area contributed by atoms with Crippen molar-refractivity contribution < 1.29 is 9.53 Å². The van der Waals surface area contributed by atoms with Crippen LogP contribution in [0.15, 0.2) is 30.6 Å². The predicted molar refractivity (Wildman–Crippen MR) is 84.0 cm³/mol. The van der Waals surface area contributed by atoms with E-state index in [0.29, 0.717) is 32.2 Å². The smallest absolute Gasteiger partial charge is 0.350 e. The number of ether oxygens (including phenoxy) is 1. The number of fused-ring (bicyclic) bond motifs is 1. The van der Waals surface area contributed by atoms with Gasteiger partial charge in [-0.25, -0.2) is 9.78 Å². The molecule has 0 atom stereocenters. The summed E-state index contributed by atoms with van der Waals surface area (Å²) >= 11 is 1.17. The molecule has 0 bridgehead atoms. The number of nitrogens with two attached hydrogens (primary N) is 1. The van der Waals surface area contributed by atoms with Crippen molar-refractivity contribution >= 4 is 33.2 Å². The van der Waals surface area contributed by atoms with Crippen LogP contribution in [-0.4, -0.2) is 22.1 Å². The van der Waals surface area contributed by atoms with Gasteiger partial charge in [0.05, 0.1) is 17.9 Å². The third-order valence-corrected chi connectivity index (χ3v) is 4.23. The molecule has 0 amide bonds. The number of thiophene rings is 1. The summed E-state index contributed by atoms with van der Waals surface area (Å²) in [5.41, 5.74) is 6.72. The van der Waals surface area contributed by atoms with Crippen LogP contribution in [0.4, 0.5) is 5.69 Å². The molecule has 3 rings (SSSR count). The first-order valence-electron chi connectivity index (χ1n) is 6.59. The van der Waals surface area contributed by atoms with Gasteiger partial charge in [0.15, 0.2) is 5.82 Å². The van der Waals surface area contributed by atoms with E-state index in [2.05, 4.69) is 11.1 Å².